The average molecular weight is 584 g/mol. The van der Waals surface area contributed by atoms with E-state index >= 15 is 0 Å². The molecule has 4 N–H and O–H groups in total. The van der Waals surface area contributed by atoms with Gasteiger partial charge in [-0.1, -0.05) is 6.07 Å². The summed E-state index contributed by atoms with van der Waals surface area (Å²) in [5, 5.41) is 10.1. The van der Waals surface area contributed by atoms with Crippen LogP contribution in [0.15, 0.2) is 48.9 Å². The van der Waals surface area contributed by atoms with Gasteiger partial charge in [0.15, 0.2) is 5.82 Å². The topological polar surface area (TPSA) is 123 Å². The number of carbonyl (C=O) groups is 1. The van der Waals surface area contributed by atoms with Crippen molar-refractivity contribution in [1.29, 1.82) is 0 Å². The minimum Gasteiger partial charge on any atom is -0.382 e. The van der Waals surface area contributed by atoms with Gasteiger partial charge in [0, 0.05) is 35.0 Å². The number of nitrogens with two attached hydrogens (primary N) is 1. The van der Waals surface area contributed by atoms with Crippen molar-refractivity contribution in [2.75, 3.05) is 42.7 Å². The van der Waals surface area contributed by atoms with Crippen molar-refractivity contribution < 1.29 is 9.53 Å². The fourth-order valence-corrected chi connectivity index (χ4v) is 4.76. The molecule has 4 heterocycles. The number of fused-ring (bicyclic) bond motifs is 1. The Hall–Kier alpha value is -3.29. The van der Waals surface area contributed by atoms with Crippen LogP contribution in [0.3, 0.4) is 0 Å². The first-order chi connectivity index (χ1) is 17.0. The summed E-state index contributed by atoms with van der Waals surface area (Å²) in [6.45, 7) is 5.90. The molecule has 4 aromatic rings. The lowest BCUT2D eigenvalue weighted by molar-refractivity contribution is 0.0334. The van der Waals surface area contributed by atoms with Gasteiger partial charge in [-0.25, -0.2) is 19.3 Å². The van der Waals surface area contributed by atoms with Crippen molar-refractivity contribution in [3.63, 3.8) is 0 Å². The van der Waals surface area contributed by atoms with E-state index in [0.29, 0.717) is 17.3 Å². The zero-order valence-electron chi connectivity index (χ0n) is 19.2. The van der Waals surface area contributed by atoms with E-state index in [0.717, 1.165) is 64.3 Å². The van der Waals surface area contributed by atoms with E-state index < -0.39 is 0 Å². The van der Waals surface area contributed by atoms with Gasteiger partial charge in [-0.2, -0.15) is 5.10 Å². The van der Waals surface area contributed by atoms with Crippen LogP contribution in [0.5, 0.6) is 0 Å². The highest BCUT2D eigenvalue weighted by Gasteiger charge is 2.19. The molecule has 1 aromatic carbocycles. The van der Waals surface area contributed by atoms with Gasteiger partial charge in [0.25, 0.3) is 0 Å². The van der Waals surface area contributed by atoms with E-state index in [1.165, 1.54) is 6.33 Å². The van der Waals surface area contributed by atoms with Gasteiger partial charge >= 0.3 is 6.03 Å². The zero-order chi connectivity index (χ0) is 24.4. The molecule has 2 amide bonds. The number of hydrogen-bond donors (Lipinski definition) is 3. The molecular weight excluding hydrogens is 559 g/mol. The lowest BCUT2D eigenvalue weighted by Gasteiger charge is -2.26. The first-order valence-electron chi connectivity index (χ1n) is 11.2. The fourth-order valence-electron chi connectivity index (χ4n) is 4.11. The summed E-state index contributed by atoms with van der Waals surface area (Å²) < 4.78 is 8.23. The maximum Gasteiger partial charge on any atom is 0.324 e. The molecule has 5 rings (SSSR count). The highest BCUT2D eigenvalue weighted by Crippen LogP contribution is 2.33. The van der Waals surface area contributed by atoms with Crippen molar-refractivity contribution >= 4 is 51.5 Å². The van der Waals surface area contributed by atoms with Crippen LogP contribution in [0.4, 0.5) is 22.1 Å². The SMILES string of the molecule is Cc1ccnc(NC(=O)Nc2ccc(-c3cc(CN4CCOCC4)n4ncnc(N)c34)cc2I)c1. The third-order valence-corrected chi connectivity index (χ3v) is 6.72. The second kappa shape index (κ2) is 10.1. The number of morpholine rings is 1. The molecule has 0 aliphatic carbocycles. The van der Waals surface area contributed by atoms with Gasteiger partial charge in [-0.05, 0) is 71.0 Å². The Morgan fingerprint density at radius 1 is 1.14 bits per heavy atom. The summed E-state index contributed by atoms with van der Waals surface area (Å²) in [5.41, 5.74) is 11.7. The molecule has 1 saturated heterocycles. The highest BCUT2D eigenvalue weighted by atomic mass is 127. The van der Waals surface area contributed by atoms with Gasteiger partial charge in [-0.3, -0.25) is 10.2 Å². The average Bonchev–Trinajstić information content (AvgIpc) is 3.20. The smallest absolute Gasteiger partial charge is 0.324 e. The maximum absolute atomic E-state index is 12.5. The first-order valence-corrected chi connectivity index (χ1v) is 12.3. The number of urea groups is 1. The molecular formula is C24H25IN8O2. The van der Waals surface area contributed by atoms with Crippen molar-refractivity contribution in [2.45, 2.75) is 13.5 Å². The molecule has 1 aliphatic heterocycles. The quantitative estimate of drug-likeness (QED) is 0.306. The minimum atomic E-state index is -0.353. The Balaban J connectivity index is 1.41. The molecule has 0 unspecified atom stereocenters. The number of ether oxygens (including phenoxy) is 1. The monoisotopic (exact) mass is 584 g/mol. The molecule has 11 heteroatoms. The minimum absolute atomic E-state index is 0.353. The number of hydrogen-bond acceptors (Lipinski definition) is 7. The normalized spacial score (nSPS) is 14.2. The molecule has 3 aromatic heterocycles. The molecule has 10 nitrogen and oxygen atoms in total. The van der Waals surface area contributed by atoms with E-state index in [9.17, 15) is 4.79 Å². The summed E-state index contributed by atoms with van der Waals surface area (Å²) in [4.78, 5) is 23.2. The molecule has 35 heavy (non-hydrogen) atoms. The molecule has 1 aliphatic rings. The number of carbonyl (C=O) groups excluding carboxylic acids is 1. The number of nitrogen functional groups attached to an aromatic ring is 1. The van der Waals surface area contributed by atoms with E-state index in [1.807, 2.05) is 41.8 Å². The van der Waals surface area contributed by atoms with Gasteiger partial charge in [0.2, 0.25) is 0 Å². The number of pyridine rings is 1. The number of amides is 2. The van der Waals surface area contributed by atoms with Crippen molar-refractivity contribution in [2.24, 2.45) is 0 Å². The van der Waals surface area contributed by atoms with Gasteiger partial charge in [0.1, 0.15) is 17.7 Å². The molecule has 0 radical (unpaired) electrons. The van der Waals surface area contributed by atoms with Crippen LogP contribution >= 0.6 is 22.6 Å². The number of aromatic nitrogens is 4. The number of rotatable bonds is 5. The molecule has 180 valence electrons. The summed E-state index contributed by atoms with van der Waals surface area (Å²) in [7, 11) is 0. The van der Waals surface area contributed by atoms with E-state index in [-0.39, 0.29) is 6.03 Å². The molecule has 0 bridgehead atoms. The van der Waals surface area contributed by atoms with Crippen molar-refractivity contribution in [3.05, 3.63) is 63.7 Å². The number of nitrogens with zero attached hydrogens (tertiary/aromatic N) is 5. The molecule has 0 saturated carbocycles. The lowest BCUT2D eigenvalue weighted by Crippen LogP contribution is -2.36. The van der Waals surface area contributed by atoms with Crippen LogP contribution in [0.2, 0.25) is 0 Å². The zero-order valence-corrected chi connectivity index (χ0v) is 21.3. The van der Waals surface area contributed by atoms with Crippen LogP contribution < -0.4 is 16.4 Å². The van der Waals surface area contributed by atoms with Crippen LogP contribution in [0, 0.1) is 10.5 Å². The van der Waals surface area contributed by atoms with E-state index in [2.05, 4.69) is 59.3 Å². The Morgan fingerprint density at radius 2 is 1.97 bits per heavy atom. The third-order valence-electron chi connectivity index (χ3n) is 5.83. The van der Waals surface area contributed by atoms with Crippen LogP contribution in [-0.4, -0.2) is 56.8 Å². The first kappa shape index (κ1) is 23.5. The Morgan fingerprint density at radius 3 is 2.74 bits per heavy atom. The largest absolute Gasteiger partial charge is 0.382 e. The molecule has 1 fully saturated rings. The summed E-state index contributed by atoms with van der Waals surface area (Å²) in [6.07, 6.45) is 3.14. The van der Waals surface area contributed by atoms with Gasteiger partial charge < -0.3 is 15.8 Å². The van der Waals surface area contributed by atoms with Crippen LogP contribution in [0.1, 0.15) is 11.3 Å². The Bertz CT molecular complexity index is 1380. The second-order valence-electron chi connectivity index (χ2n) is 8.34. The van der Waals surface area contributed by atoms with Crippen LogP contribution in [-0.2, 0) is 11.3 Å². The standard InChI is InChI=1S/C24H25IN8O2/c1-15-4-5-27-21(10-15)31-24(34)30-20-3-2-16(11-19(20)25)18-12-17(13-32-6-8-35-9-7-32)33-22(18)23(26)28-14-29-33/h2-5,10-12,14H,6-9,13H2,1H3,(H2,26,28,29)(H2,27,30,31,34). The fraction of sp³-hybridized carbons (Fsp3) is 0.250. The number of anilines is 3. The summed E-state index contributed by atoms with van der Waals surface area (Å²) >= 11 is 2.22. The maximum atomic E-state index is 12.5. The van der Waals surface area contributed by atoms with Crippen molar-refractivity contribution in [1.82, 2.24) is 24.5 Å². The number of nitrogens with one attached hydrogen (secondary N) is 2. The molecule has 0 spiro atoms. The summed E-state index contributed by atoms with van der Waals surface area (Å²) in [6, 6.07) is 11.3. The van der Waals surface area contributed by atoms with E-state index in [4.69, 9.17) is 10.5 Å². The lowest BCUT2D eigenvalue weighted by atomic mass is 10.1. The van der Waals surface area contributed by atoms with E-state index in [1.54, 1.807) is 6.20 Å². The Kier molecular flexibility index (Phi) is 6.79. The Labute approximate surface area is 216 Å². The number of halogens is 1. The predicted octanol–water partition coefficient (Wildman–Crippen LogP) is 3.76. The molecule has 0 atom stereocenters. The van der Waals surface area contributed by atoms with Gasteiger partial charge in [0.05, 0.1) is 24.6 Å². The second-order valence-corrected chi connectivity index (χ2v) is 9.50. The van der Waals surface area contributed by atoms with Gasteiger partial charge in [-0.15, -0.1) is 0 Å². The third kappa shape index (κ3) is 5.21. The summed E-state index contributed by atoms with van der Waals surface area (Å²) in [5.74, 6) is 0.920. The predicted molar refractivity (Wildman–Crippen MR) is 143 cm³/mol. The highest BCUT2D eigenvalue weighted by molar-refractivity contribution is 14.1. The van der Waals surface area contributed by atoms with Crippen molar-refractivity contribution in [3.8, 4) is 11.1 Å². The van der Waals surface area contributed by atoms with Crippen LogP contribution in [0.25, 0.3) is 16.6 Å². The number of aryl methyl sites for hydroxylation is 1. The number of benzene rings is 1.